The maximum atomic E-state index is 13.2. The summed E-state index contributed by atoms with van der Waals surface area (Å²) >= 11 is 9.07. The minimum Gasteiger partial charge on any atom is -0.398 e. The van der Waals surface area contributed by atoms with E-state index in [4.69, 9.17) is 17.3 Å². The van der Waals surface area contributed by atoms with Gasteiger partial charge >= 0.3 is 0 Å². The van der Waals surface area contributed by atoms with Gasteiger partial charge in [0.2, 0.25) is 0 Å². The molecular formula is C14H10BrClFNO. The minimum atomic E-state index is -0.380. The maximum absolute atomic E-state index is 13.2. The van der Waals surface area contributed by atoms with E-state index in [0.717, 1.165) is 0 Å². The van der Waals surface area contributed by atoms with E-state index in [-0.39, 0.29) is 18.0 Å². The number of carbonyl (C=O) groups excluding carboxylic acids is 1. The Morgan fingerprint density at radius 2 is 2.00 bits per heavy atom. The Hall–Kier alpha value is -1.39. The summed E-state index contributed by atoms with van der Waals surface area (Å²) in [6.45, 7) is 0. The van der Waals surface area contributed by atoms with Gasteiger partial charge in [0.1, 0.15) is 5.82 Å². The van der Waals surface area contributed by atoms with E-state index in [1.165, 1.54) is 18.2 Å². The summed E-state index contributed by atoms with van der Waals surface area (Å²) in [4.78, 5) is 12.1. The standard InChI is InChI=1S/C14H10BrClFNO/c15-12-4-2-10(17)5-8(12)6-14(19)11-3-1-9(16)7-13(11)18/h1-5,7H,6,18H2. The molecule has 0 aliphatic rings. The Kier molecular flexibility index (Phi) is 4.22. The summed E-state index contributed by atoms with van der Waals surface area (Å²) in [5.74, 6) is -0.560. The molecule has 0 bridgehead atoms. The van der Waals surface area contributed by atoms with Crippen LogP contribution in [0.1, 0.15) is 15.9 Å². The van der Waals surface area contributed by atoms with Gasteiger partial charge in [-0.05, 0) is 42.0 Å². The summed E-state index contributed by atoms with van der Waals surface area (Å²) in [6, 6.07) is 8.93. The maximum Gasteiger partial charge on any atom is 0.169 e. The Labute approximate surface area is 123 Å². The molecule has 2 rings (SSSR count). The van der Waals surface area contributed by atoms with E-state index in [1.54, 1.807) is 18.2 Å². The van der Waals surface area contributed by atoms with Crippen molar-refractivity contribution >= 4 is 39.0 Å². The van der Waals surface area contributed by atoms with Crippen LogP contribution in [0.5, 0.6) is 0 Å². The molecule has 0 saturated carbocycles. The number of hydrogen-bond acceptors (Lipinski definition) is 2. The Balaban J connectivity index is 2.28. The van der Waals surface area contributed by atoms with Crippen molar-refractivity contribution in [2.75, 3.05) is 5.73 Å². The van der Waals surface area contributed by atoms with Gasteiger partial charge in [-0.25, -0.2) is 4.39 Å². The second-order valence-electron chi connectivity index (χ2n) is 4.07. The number of ketones is 1. The lowest BCUT2D eigenvalue weighted by Gasteiger charge is -2.07. The Bertz CT molecular complexity index is 645. The lowest BCUT2D eigenvalue weighted by molar-refractivity contribution is 0.0993. The number of nitrogen functional groups attached to an aromatic ring is 1. The van der Waals surface area contributed by atoms with Gasteiger partial charge in [0, 0.05) is 27.2 Å². The second kappa shape index (κ2) is 5.72. The van der Waals surface area contributed by atoms with E-state index in [0.29, 0.717) is 26.3 Å². The molecule has 0 aromatic heterocycles. The van der Waals surface area contributed by atoms with E-state index in [2.05, 4.69) is 15.9 Å². The Morgan fingerprint density at radius 1 is 1.26 bits per heavy atom. The van der Waals surface area contributed by atoms with Crippen LogP contribution < -0.4 is 5.73 Å². The predicted molar refractivity (Wildman–Crippen MR) is 78.0 cm³/mol. The van der Waals surface area contributed by atoms with Crippen molar-refractivity contribution in [1.29, 1.82) is 0 Å². The van der Waals surface area contributed by atoms with Crippen LogP contribution in [0.25, 0.3) is 0 Å². The second-order valence-corrected chi connectivity index (χ2v) is 5.36. The van der Waals surface area contributed by atoms with Crippen LogP contribution in [-0.4, -0.2) is 5.78 Å². The third-order valence-corrected chi connectivity index (χ3v) is 3.68. The van der Waals surface area contributed by atoms with Crippen molar-refractivity contribution in [1.82, 2.24) is 0 Å². The molecule has 19 heavy (non-hydrogen) atoms. The smallest absolute Gasteiger partial charge is 0.169 e. The van der Waals surface area contributed by atoms with E-state index < -0.39 is 0 Å². The molecule has 0 radical (unpaired) electrons. The zero-order chi connectivity index (χ0) is 14.0. The van der Waals surface area contributed by atoms with Gasteiger partial charge in [-0.2, -0.15) is 0 Å². The fourth-order valence-electron chi connectivity index (χ4n) is 1.73. The summed E-state index contributed by atoms with van der Waals surface area (Å²) < 4.78 is 13.8. The molecule has 0 fully saturated rings. The van der Waals surface area contributed by atoms with Crippen molar-refractivity contribution in [2.45, 2.75) is 6.42 Å². The van der Waals surface area contributed by atoms with E-state index in [9.17, 15) is 9.18 Å². The Morgan fingerprint density at radius 3 is 2.68 bits per heavy atom. The first-order valence-corrected chi connectivity index (χ1v) is 6.66. The molecule has 5 heteroatoms. The molecule has 0 saturated heterocycles. The van der Waals surface area contributed by atoms with Gasteiger partial charge in [0.25, 0.3) is 0 Å². The number of nitrogens with two attached hydrogens (primary N) is 1. The van der Waals surface area contributed by atoms with Crippen LogP contribution in [0.2, 0.25) is 5.02 Å². The van der Waals surface area contributed by atoms with E-state index >= 15 is 0 Å². The highest BCUT2D eigenvalue weighted by atomic mass is 79.9. The third-order valence-electron chi connectivity index (χ3n) is 2.67. The minimum absolute atomic E-state index is 0.0736. The molecule has 0 aliphatic heterocycles. The molecule has 0 amide bonds. The van der Waals surface area contributed by atoms with Crippen LogP contribution in [0.4, 0.5) is 10.1 Å². The van der Waals surface area contributed by atoms with Crippen LogP contribution in [0.15, 0.2) is 40.9 Å². The van der Waals surface area contributed by atoms with Crippen molar-refractivity contribution in [2.24, 2.45) is 0 Å². The molecule has 2 nitrogen and oxygen atoms in total. The van der Waals surface area contributed by atoms with Gasteiger partial charge in [-0.3, -0.25) is 4.79 Å². The fourth-order valence-corrected chi connectivity index (χ4v) is 2.30. The largest absolute Gasteiger partial charge is 0.398 e. The summed E-state index contributed by atoms with van der Waals surface area (Å²) in [6.07, 6.45) is 0.0736. The molecule has 0 unspecified atom stereocenters. The quantitative estimate of drug-likeness (QED) is 0.669. The zero-order valence-corrected chi connectivity index (χ0v) is 12.1. The number of hydrogen-bond donors (Lipinski definition) is 1. The topological polar surface area (TPSA) is 43.1 Å². The van der Waals surface area contributed by atoms with Gasteiger partial charge in [-0.1, -0.05) is 27.5 Å². The van der Waals surface area contributed by atoms with E-state index in [1.807, 2.05) is 0 Å². The highest BCUT2D eigenvalue weighted by molar-refractivity contribution is 9.10. The number of halogens is 3. The van der Waals surface area contributed by atoms with Crippen LogP contribution in [0, 0.1) is 5.82 Å². The summed E-state index contributed by atoms with van der Waals surface area (Å²) in [5.41, 5.74) is 7.05. The normalized spacial score (nSPS) is 10.5. The first kappa shape index (κ1) is 14.0. The van der Waals surface area contributed by atoms with Crippen molar-refractivity contribution in [3.8, 4) is 0 Å². The first-order valence-electron chi connectivity index (χ1n) is 5.49. The van der Waals surface area contributed by atoms with Crippen molar-refractivity contribution in [3.63, 3.8) is 0 Å². The zero-order valence-electron chi connectivity index (χ0n) is 9.79. The van der Waals surface area contributed by atoms with Gasteiger partial charge in [0.15, 0.2) is 5.78 Å². The highest BCUT2D eigenvalue weighted by Crippen LogP contribution is 2.23. The highest BCUT2D eigenvalue weighted by Gasteiger charge is 2.13. The molecule has 0 aliphatic carbocycles. The number of carbonyl (C=O) groups is 1. The SMILES string of the molecule is Nc1cc(Cl)ccc1C(=O)Cc1cc(F)ccc1Br. The molecular weight excluding hydrogens is 333 g/mol. The molecule has 0 atom stereocenters. The van der Waals surface area contributed by atoms with Crippen LogP contribution >= 0.6 is 27.5 Å². The van der Waals surface area contributed by atoms with Crippen molar-refractivity contribution in [3.05, 3.63) is 62.8 Å². The number of rotatable bonds is 3. The van der Waals surface area contributed by atoms with Gasteiger partial charge in [0.05, 0.1) is 0 Å². The summed E-state index contributed by atoms with van der Waals surface area (Å²) in [7, 11) is 0. The van der Waals surface area contributed by atoms with Gasteiger partial charge < -0.3 is 5.73 Å². The third kappa shape index (κ3) is 3.33. The molecule has 0 spiro atoms. The number of anilines is 1. The van der Waals surface area contributed by atoms with Crippen LogP contribution in [-0.2, 0) is 6.42 Å². The first-order chi connectivity index (χ1) is 8.97. The number of Topliss-reactive ketones (excluding diaryl/α,β-unsaturated/α-hetero) is 1. The monoisotopic (exact) mass is 341 g/mol. The fraction of sp³-hybridized carbons (Fsp3) is 0.0714. The average Bonchev–Trinajstić information content (AvgIpc) is 2.33. The lowest BCUT2D eigenvalue weighted by Crippen LogP contribution is -2.07. The molecule has 2 aromatic rings. The summed E-state index contributed by atoms with van der Waals surface area (Å²) in [5, 5.41) is 0.473. The van der Waals surface area contributed by atoms with Crippen molar-refractivity contribution < 1.29 is 9.18 Å². The average molecular weight is 343 g/mol. The number of benzene rings is 2. The van der Waals surface area contributed by atoms with Gasteiger partial charge in [-0.15, -0.1) is 0 Å². The molecule has 0 heterocycles. The predicted octanol–water partition coefficient (Wildman–Crippen LogP) is 4.25. The molecule has 2 aromatic carbocycles. The lowest BCUT2D eigenvalue weighted by atomic mass is 10.0. The molecule has 98 valence electrons. The van der Waals surface area contributed by atoms with Crippen LogP contribution in [0.3, 0.4) is 0 Å². The molecule has 2 N–H and O–H groups in total.